The summed E-state index contributed by atoms with van der Waals surface area (Å²) in [7, 11) is 0. The fourth-order valence-corrected chi connectivity index (χ4v) is 3.27. The molecular formula is C24H19N3. The number of hydrogen-bond acceptors (Lipinski definition) is 2. The zero-order valence-electron chi connectivity index (χ0n) is 14.8. The van der Waals surface area contributed by atoms with Gasteiger partial charge >= 0.3 is 0 Å². The maximum absolute atomic E-state index is 5.46. The number of nitrogens with zero attached hydrogens (tertiary/aromatic N) is 2. The molecule has 0 unspecified atom stereocenters. The summed E-state index contributed by atoms with van der Waals surface area (Å²) in [6, 6.07) is 35.1. The summed E-state index contributed by atoms with van der Waals surface area (Å²) in [5, 5.41) is 7.90. The second kappa shape index (κ2) is 7.67. The lowest BCUT2D eigenvalue weighted by Crippen LogP contribution is -1.89. The van der Waals surface area contributed by atoms with Crippen molar-refractivity contribution < 1.29 is 0 Å². The Kier molecular flexibility index (Phi) is 4.75. The molecule has 4 aromatic carbocycles. The Morgan fingerprint density at radius 1 is 0.481 bits per heavy atom. The lowest BCUT2D eigenvalue weighted by atomic mass is 9.91. The zero-order valence-corrected chi connectivity index (χ0v) is 14.8. The SMILES string of the molecule is NN=Nc1c(-c2ccccc2)cc(-c2ccccc2)cc1-c1ccccc1. The van der Waals surface area contributed by atoms with Crippen LogP contribution >= 0.6 is 0 Å². The van der Waals surface area contributed by atoms with Crippen LogP contribution in [-0.2, 0) is 0 Å². The van der Waals surface area contributed by atoms with Crippen molar-refractivity contribution in [3.05, 3.63) is 103 Å². The van der Waals surface area contributed by atoms with Gasteiger partial charge in [0.15, 0.2) is 0 Å². The van der Waals surface area contributed by atoms with E-state index >= 15 is 0 Å². The topological polar surface area (TPSA) is 50.7 Å². The highest BCUT2D eigenvalue weighted by Gasteiger charge is 2.15. The van der Waals surface area contributed by atoms with E-state index in [9.17, 15) is 0 Å². The van der Waals surface area contributed by atoms with E-state index in [4.69, 9.17) is 5.84 Å². The molecule has 3 heteroatoms. The normalized spacial score (nSPS) is 11.0. The molecular weight excluding hydrogens is 330 g/mol. The summed E-state index contributed by atoms with van der Waals surface area (Å²) in [4.78, 5) is 0. The molecule has 0 aliphatic heterocycles. The Labute approximate surface area is 158 Å². The highest BCUT2D eigenvalue weighted by atomic mass is 15.3. The third-order valence-corrected chi connectivity index (χ3v) is 4.54. The van der Waals surface area contributed by atoms with Crippen LogP contribution in [0.4, 0.5) is 5.69 Å². The van der Waals surface area contributed by atoms with Gasteiger partial charge in [-0.15, -0.1) is 5.11 Å². The van der Waals surface area contributed by atoms with Gasteiger partial charge in [-0.25, -0.2) is 0 Å². The molecule has 0 saturated heterocycles. The quantitative estimate of drug-likeness (QED) is 0.250. The van der Waals surface area contributed by atoms with Crippen LogP contribution in [0.15, 0.2) is 113 Å². The highest BCUT2D eigenvalue weighted by molar-refractivity contribution is 5.92. The van der Waals surface area contributed by atoms with Gasteiger partial charge in [0, 0.05) is 11.1 Å². The lowest BCUT2D eigenvalue weighted by Gasteiger charge is -2.15. The summed E-state index contributed by atoms with van der Waals surface area (Å²) in [5.74, 6) is 5.46. The maximum atomic E-state index is 5.46. The van der Waals surface area contributed by atoms with Gasteiger partial charge in [-0.05, 0) is 34.4 Å². The van der Waals surface area contributed by atoms with E-state index < -0.39 is 0 Å². The monoisotopic (exact) mass is 349 g/mol. The second-order valence-corrected chi connectivity index (χ2v) is 6.23. The minimum atomic E-state index is 0.773. The average Bonchev–Trinajstić information content (AvgIpc) is 2.76. The molecule has 3 nitrogen and oxygen atoms in total. The number of hydrogen-bond donors (Lipinski definition) is 1. The first kappa shape index (κ1) is 16.7. The molecule has 0 bridgehead atoms. The molecule has 4 rings (SSSR count). The van der Waals surface area contributed by atoms with Gasteiger partial charge in [-0.2, -0.15) is 0 Å². The molecule has 130 valence electrons. The number of rotatable bonds is 4. The molecule has 0 atom stereocenters. The molecule has 0 aliphatic carbocycles. The Morgan fingerprint density at radius 2 is 0.889 bits per heavy atom. The van der Waals surface area contributed by atoms with E-state index in [2.05, 4.69) is 58.9 Å². The fraction of sp³-hybridized carbons (Fsp3) is 0. The molecule has 0 radical (unpaired) electrons. The molecule has 0 aliphatic rings. The van der Waals surface area contributed by atoms with Crippen molar-refractivity contribution in [3.63, 3.8) is 0 Å². The Hall–Kier alpha value is -3.72. The van der Waals surface area contributed by atoms with Gasteiger partial charge in [0.25, 0.3) is 0 Å². The molecule has 0 amide bonds. The second-order valence-electron chi connectivity index (χ2n) is 6.23. The van der Waals surface area contributed by atoms with E-state index in [1.54, 1.807) is 0 Å². The molecule has 4 aromatic rings. The Balaban J connectivity index is 2.04. The van der Waals surface area contributed by atoms with Gasteiger partial charge in [-0.3, -0.25) is 0 Å². The van der Waals surface area contributed by atoms with Crippen LogP contribution in [-0.4, -0.2) is 0 Å². The van der Waals surface area contributed by atoms with Crippen molar-refractivity contribution in [2.75, 3.05) is 0 Å². The highest BCUT2D eigenvalue weighted by Crippen LogP contribution is 2.42. The molecule has 0 saturated carbocycles. The van der Waals surface area contributed by atoms with E-state index in [-0.39, 0.29) is 0 Å². The predicted octanol–water partition coefficient (Wildman–Crippen LogP) is 6.65. The van der Waals surface area contributed by atoms with Gasteiger partial charge in [0.2, 0.25) is 0 Å². The van der Waals surface area contributed by atoms with Crippen molar-refractivity contribution >= 4 is 5.69 Å². The van der Waals surface area contributed by atoms with Crippen LogP contribution in [0, 0.1) is 0 Å². The molecule has 0 fully saturated rings. The molecule has 2 N–H and O–H groups in total. The van der Waals surface area contributed by atoms with E-state index in [1.165, 1.54) is 0 Å². The Morgan fingerprint density at radius 3 is 1.30 bits per heavy atom. The molecule has 0 aromatic heterocycles. The summed E-state index contributed by atoms with van der Waals surface area (Å²) in [6.07, 6.45) is 0. The first-order chi connectivity index (χ1) is 13.4. The van der Waals surface area contributed by atoms with Crippen LogP contribution in [0.5, 0.6) is 0 Å². The van der Waals surface area contributed by atoms with Crippen LogP contribution in [0.2, 0.25) is 0 Å². The predicted molar refractivity (Wildman–Crippen MR) is 111 cm³/mol. The summed E-state index contributed by atoms with van der Waals surface area (Å²) >= 11 is 0. The third-order valence-electron chi connectivity index (χ3n) is 4.54. The van der Waals surface area contributed by atoms with Crippen molar-refractivity contribution in [2.45, 2.75) is 0 Å². The van der Waals surface area contributed by atoms with E-state index in [0.29, 0.717) is 0 Å². The van der Waals surface area contributed by atoms with Gasteiger partial charge < -0.3 is 5.84 Å². The van der Waals surface area contributed by atoms with Crippen molar-refractivity contribution in [1.29, 1.82) is 0 Å². The first-order valence-electron chi connectivity index (χ1n) is 8.82. The molecule has 0 heterocycles. The number of benzene rings is 4. The smallest absolute Gasteiger partial charge is 0.103 e. The van der Waals surface area contributed by atoms with Crippen LogP contribution in [0.3, 0.4) is 0 Å². The fourth-order valence-electron chi connectivity index (χ4n) is 3.27. The summed E-state index contributed by atoms with van der Waals surface area (Å²) in [5.41, 5.74) is 7.22. The van der Waals surface area contributed by atoms with Gasteiger partial charge in [-0.1, -0.05) is 96.2 Å². The standard InChI is InChI=1S/C24H19N3/c25-27-26-24-22(19-12-6-2-7-13-19)16-21(18-10-4-1-5-11-18)17-23(24)20-14-8-3-9-15-20/h1-17H,(H2,25,26). The van der Waals surface area contributed by atoms with Crippen molar-refractivity contribution in [1.82, 2.24) is 0 Å². The molecule has 27 heavy (non-hydrogen) atoms. The van der Waals surface area contributed by atoms with Crippen molar-refractivity contribution in [2.24, 2.45) is 16.2 Å². The summed E-state index contributed by atoms with van der Waals surface area (Å²) < 4.78 is 0. The first-order valence-corrected chi connectivity index (χ1v) is 8.82. The third kappa shape index (κ3) is 3.48. The van der Waals surface area contributed by atoms with Crippen LogP contribution in [0.1, 0.15) is 0 Å². The van der Waals surface area contributed by atoms with Gasteiger partial charge in [0.1, 0.15) is 5.69 Å². The van der Waals surface area contributed by atoms with Crippen LogP contribution < -0.4 is 5.84 Å². The maximum Gasteiger partial charge on any atom is 0.103 e. The average molecular weight is 349 g/mol. The van der Waals surface area contributed by atoms with Crippen molar-refractivity contribution in [3.8, 4) is 33.4 Å². The van der Waals surface area contributed by atoms with Gasteiger partial charge in [0.05, 0.1) is 0 Å². The summed E-state index contributed by atoms with van der Waals surface area (Å²) in [6.45, 7) is 0. The van der Waals surface area contributed by atoms with E-state index in [0.717, 1.165) is 39.1 Å². The minimum Gasteiger partial charge on any atom is -0.305 e. The number of nitrogens with two attached hydrogens (primary N) is 1. The minimum absolute atomic E-state index is 0.773. The molecule has 0 spiro atoms. The van der Waals surface area contributed by atoms with E-state index in [1.807, 2.05) is 54.6 Å². The lowest BCUT2D eigenvalue weighted by molar-refractivity contribution is 1.06. The Bertz CT molecular complexity index is 996. The zero-order chi connectivity index (χ0) is 18.5. The van der Waals surface area contributed by atoms with Crippen LogP contribution in [0.25, 0.3) is 33.4 Å². The largest absolute Gasteiger partial charge is 0.305 e.